The molecule has 1 aromatic heterocycles. The highest BCUT2D eigenvalue weighted by Crippen LogP contribution is 2.45. The van der Waals surface area contributed by atoms with E-state index >= 15 is 0 Å². The fourth-order valence-electron chi connectivity index (χ4n) is 4.84. The van der Waals surface area contributed by atoms with Crippen LogP contribution in [-0.2, 0) is 18.3 Å². The Labute approximate surface area is 172 Å². The monoisotopic (exact) mass is 390 g/mol. The summed E-state index contributed by atoms with van der Waals surface area (Å²) >= 11 is 0. The number of aromatic nitrogens is 3. The molecule has 0 saturated heterocycles. The Morgan fingerprint density at radius 2 is 1.62 bits per heavy atom. The molecular weight excluding hydrogens is 360 g/mol. The van der Waals surface area contributed by atoms with Crippen LogP contribution in [0.15, 0.2) is 41.2 Å². The number of fused-ring (bicyclic) bond motifs is 2. The Hall–Kier alpha value is -2.66. The number of aromatic amines is 1. The summed E-state index contributed by atoms with van der Waals surface area (Å²) in [6.45, 7) is 8.70. The van der Waals surface area contributed by atoms with E-state index in [0.717, 1.165) is 12.8 Å². The minimum atomic E-state index is -0.559. The number of nitrogens with one attached hydrogen (secondary N) is 1. The van der Waals surface area contributed by atoms with E-state index in [9.17, 15) is 4.79 Å². The molecule has 2 aromatic carbocycles. The maximum atomic E-state index is 12.7. The Balaban J connectivity index is 2.11. The first-order chi connectivity index (χ1) is 13.9. The van der Waals surface area contributed by atoms with Gasteiger partial charge in [-0.25, -0.2) is 9.48 Å². The highest BCUT2D eigenvalue weighted by Gasteiger charge is 2.43. The zero-order valence-corrected chi connectivity index (χ0v) is 17.7. The van der Waals surface area contributed by atoms with Gasteiger partial charge < -0.3 is 5.73 Å². The number of H-pyrrole nitrogens is 1. The van der Waals surface area contributed by atoms with Crippen molar-refractivity contribution in [2.45, 2.75) is 58.4 Å². The van der Waals surface area contributed by atoms with Gasteiger partial charge in [0.2, 0.25) is 0 Å². The summed E-state index contributed by atoms with van der Waals surface area (Å²) < 4.78 is 1.54. The van der Waals surface area contributed by atoms with Crippen LogP contribution in [0.25, 0.3) is 0 Å². The van der Waals surface area contributed by atoms with E-state index in [1.807, 2.05) is 13.8 Å². The van der Waals surface area contributed by atoms with Gasteiger partial charge >= 0.3 is 5.69 Å². The molecule has 0 saturated carbocycles. The Morgan fingerprint density at radius 1 is 1.07 bits per heavy atom. The highest BCUT2D eigenvalue weighted by molar-refractivity contribution is 5.55. The molecule has 29 heavy (non-hydrogen) atoms. The van der Waals surface area contributed by atoms with Crippen molar-refractivity contribution in [2.24, 2.45) is 5.73 Å². The van der Waals surface area contributed by atoms with Crippen LogP contribution in [0.5, 0.6) is 0 Å². The van der Waals surface area contributed by atoms with Crippen LogP contribution in [0, 0.1) is 13.8 Å². The number of nitrogens with two attached hydrogens (primary N) is 1. The van der Waals surface area contributed by atoms with E-state index in [1.54, 1.807) is 4.68 Å². The molecule has 0 aliphatic heterocycles. The van der Waals surface area contributed by atoms with Crippen LogP contribution >= 0.6 is 0 Å². The molecule has 152 valence electrons. The molecule has 3 aromatic rings. The first kappa shape index (κ1) is 19.6. The van der Waals surface area contributed by atoms with Gasteiger partial charge in [-0.2, -0.15) is 5.10 Å². The highest BCUT2D eigenvalue weighted by atomic mass is 16.2. The quantitative estimate of drug-likeness (QED) is 0.715. The summed E-state index contributed by atoms with van der Waals surface area (Å²) in [6, 6.07) is 13.3. The number of nitrogens with zero attached hydrogens (tertiary/aromatic N) is 2. The summed E-state index contributed by atoms with van der Waals surface area (Å²) in [5.41, 5.74) is 13.0. The van der Waals surface area contributed by atoms with E-state index in [1.165, 1.54) is 33.4 Å². The van der Waals surface area contributed by atoms with Crippen LogP contribution in [-0.4, -0.2) is 21.3 Å². The fraction of sp³-hybridized carbons (Fsp3) is 0.417. The molecule has 3 N–H and O–H groups in total. The van der Waals surface area contributed by atoms with Crippen molar-refractivity contribution >= 4 is 0 Å². The molecule has 0 radical (unpaired) electrons. The smallest absolute Gasteiger partial charge is 0.330 e. The fourth-order valence-corrected chi connectivity index (χ4v) is 4.84. The molecule has 5 nitrogen and oxygen atoms in total. The normalized spacial score (nSPS) is 15.1. The van der Waals surface area contributed by atoms with Gasteiger partial charge in [0.15, 0.2) is 0 Å². The number of hydrogen-bond donors (Lipinski definition) is 2. The van der Waals surface area contributed by atoms with E-state index in [4.69, 9.17) is 10.8 Å². The molecule has 0 bridgehead atoms. The second kappa shape index (κ2) is 7.30. The zero-order valence-electron chi connectivity index (χ0n) is 17.7. The summed E-state index contributed by atoms with van der Waals surface area (Å²) in [7, 11) is 0. The van der Waals surface area contributed by atoms with E-state index in [0.29, 0.717) is 18.8 Å². The second-order valence-corrected chi connectivity index (χ2v) is 8.58. The topological polar surface area (TPSA) is 76.7 Å². The van der Waals surface area contributed by atoms with Crippen molar-refractivity contribution in [3.05, 3.63) is 86.1 Å². The van der Waals surface area contributed by atoms with Crippen LogP contribution in [0.4, 0.5) is 0 Å². The molecule has 1 heterocycles. The van der Waals surface area contributed by atoms with E-state index in [2.05, 4.69) is 55.2 Å². The van der Waals surface area contributed by atoms with Gasteiger partial charge in [0, 0.05) is 0 Å². The molecule has 4 rings (SSSR count). The lowest BCUT2D eigenvalue weighted by molar-refractivity contribution is 0.483. The van der Waals surface area contributed by atoms with Crippen molar-refractivity contribution in [1.82, 2.24) is 14.8 Å². The number of aryl methyl sites for hydroxylation is 4. The number of rotatable bonds is 4. The molecule has 0 unspecified atom stereocenters. The minimum absolute atomic E-state index is 0.0109. The largest absolute Gasteiger partial charge is 0.343 e. The lowest BCUT2D eigenvalue weighted by atomic mass is 9.69. The maximum Gasteiger partial charge on any atom is 0.343 e. The molecule has 1 aliphatic carbocycles. The van der Waals surface area contributed by atoms with Gasteiger partial charge in [-0.05, 0) is 75.8 Å². The average molecular weight is 391 g/mol. The number of hydrogen-bond acceptors (Lipinski definition) is 3. The summed E-state index contributed by atoms with van der Waals surface area (Å²) in [5, 5.41) is 4.80. The van der Waals surface area contributed by atoms with Gasteiger partial charge in [0.05, 0.1) is 11.5 Å². The molecule has 5 heteroatoms. The first-order valence-electron chi connectivity index (χ1n) is 10.5. The molecule has 1 aliphatic rings. The van der Waals surface area contributed by atoms with Gasteiger partial charge in [-0.15, -0.1) is 0 Å². The Bertz CT molecular complexity index is 1050. The van der Waals surface area contributed by atoms with Gasteiger partial charge in [-0.3, -0.25) is 4.98 Å². The SMILES string of the molecule is Cc1ccc2c(c1)CCc1cc(C)ccc1C2(CCN)c1nn(C(C)C)c(=O)[nH]1. The molecule has 0 atom stereocenters. The maximum absolute atomic E-state index is 12.7. The summed E-state index contributed by atoms with van der Waals surface area (Å²) in [5.74, 6) is 0.693. The lowest BCUT2D eigenvalue weighted by Crippen LogP contribution is -2.35. The van der Waals surface area contributed by atoms with Gasteiger partial charge in [-0.1, -0.05) is 47.5 Å². The van der Waals surface area contributed by atoms with Crippen LogP contribution in [0.2, 0.25) is 0 Å². The average Bonchev–Trinajstić information content (AvgIpc) is 3.02. The molecular formula is C24H30N4O. The lowest BCUT2D eigenvalue weighted by Gasteiger charge is -2.34. The van der Waals surface area contributed by atoms with Crippen LogP contribution < -0.4 is 11.4 Å². The standard InChI is InChI=1S/C24H30N4O/c1-15(2)28-23(29)26-22(27-28)24(11-12-25)20-9-5-16(3)13-18(20)7-8-19-14-17(4)6-10-21(19)24/h5-6,9-10,13-15H,7-8,11-12,25H2,1-4H3,(H,26,27,29). The van der Waals surface area contributed by atoms with Gasteiger partial charge in [0.1, 0.15) is 5.82 Å². The molecule has 0 fully saturated rings. The van der Waals surface area contributed by atoms with Crippen molar-refractivity contribution in [1.29, 1.82) is 0 Å². The van der Waals surface area contributed by atoms with E-state index in [-0.39, 0.29) is 11.7 Å². The Kier molecular flexibility index (Phi) is 4.95. The predicted molar refractivity (Wildman–Crippen MR) is 117 cm³/mol. The predicted octanol–water partition coefficient (Wildman–Crippen LogP) is 3.55. The third-order valence-electron chi connectivity index (χ3n) is 6.16. The Morgan fingerprint density at radius 3 is 2.07 bits per heavy atom. The molecule has 0 amide bonds. The van der Waals surface area contributed by atoms with Crippen molar-refractivity contribution in [2.75, 3.05) is 6.54 Å². The molecule has 0 spiro atoms. The van der Waals surface area contributed by atoms with Crippen molar-refractivity contribution < 1.29 is 0 Å². The zero-order chi connectivity index (χ0) is 20.8. The third kappa shape index (κ3) is 3.14. The van der Waals surface area contributed by atoms with E-state index < -0.39 is 5.41 Å². The van der Waals surface area contributed by atoms with Gasteiger partial charge in [0.25, 0.3) is 0 Å². The third-order valence-corrected chi connectivity index (χ3v) is 6.16. The van der Waals surface area contributed by atoms with Crippen LogP contribution in [0.3, 0.4) is 0 Å². The summed E-state index contributed by atoms with van der Waals surface area (Å²) in [6.07, 6.45) is 2.62. The summed E-state index contributed by atoms with van der Waals surface area (Å²) in [4.78, 5) is 15.8. The number of benzene rings is 2. The first-order valence-corrected chi connectivity index (χ1v) is 10.5. The minimum Gasteiger partial charge on any atom is -0.330 e. The van der Waals surface area contributed by atoms with Crippen LogP contribution in [0.1, 0.15) is 65.5 Å². The van der Waals surface area contributed by atoms with Crippen molar-refractivity contribution in [3.8, 4) is 0 Å². The second-order valence-electron chi connectivity index (χ2n) is 8.58. The van der Waals surface area contributed by atoms with Crippen molar-refractivity contribution in [3.63, 3.8) is 0 Å².